The lowest BCUT2D eigenvalue weighted by atomic mass is 10.0. The summed E-state index contributed by atoms with van der Waals surface area (Å²) in [6.07, 6.45) is 0.890. The molecule has 5 heteroatoms. The topological polar surface area (TPSA) is 70.7 Å². The van der Waals surface area contributed by atoms with Gasteiger partial charge in [0.1, 0.15) is 6.54 Å². The van der Waals surface area contributed by atoms with Crippen molar-refractivity contribution in [1.29, 1.82) is 0 Å². The van der Waals surface area contributed by atoms with E-state index in [4.69, 9.17) is 5.73 Å². The first-order valence-electron chi connectivity index (χ1n) is 8.60. The zero-order valence-electron chi connectivity index (χ0n) is 14.7. The predicted molar refractivity (Wildman–Crippen MR) is 103 cm³/mol. The van der Waals surface area contributed by atoms with E-state index < -0.39 is 0 Å². The van der Waals surface area contributed by atoms with Crippen LogP contribution in [0.5, 0.6) is 0 Å². The van der Waals surface area contributed by atoms with Crippen LogP contribution in [0.25, 0.3) is 0 Å². The molecule has 5 nitrogen and oxygen atoms in total. The Labute approximate surface area is 148 Å². The van der Waals surface area contributed by atoms with Gasteiger partial charge in [0.2, 0.25) is 5.91 Å². The molecule has 130 valence electrons. The zero-order valence-corrected chi connectivity index (χ0v) is 14.7. The maximum Gasteiger partial charge on any atom is 0.248 e. The Morgan fingerprint density at radius 2 is 2.04 bits per heavy atom. The Balaban J connectivity index is 1.62. The van der Waals surface area contributed by atoms with E-state index in [2.05, 4.69) is 36.3 Å². The van der Waals surface area contributed by atoms with Crippen molar-refractivity contribution in [3.8, 4) is 0 Å². The summed E-state index contributed by atoms with van der Waals surface area (Å²) >= 11 is 0. The van der Waals surface area contributed by atoms with E-state index in [1.54, 1.807) is 4.90 Å². The van der Waals surface area contributed by atoms with Crippen LogP contribution < -0.4 is 16.0 Å². The maximum absolute atomic E-state index is 12.4. The van der Waals surface area contributed by atoms with Gasteiger partial charge < -0.3 is 16.0 Å². The first-order valence-corrected chi connectivity index (χ1v) is 8.60. The number of hydrogen-bond donors (Lipinski definition) is 2. The monoisotopic (exact) mass is 336 g/mol. The minimum Gasteiger partial charge on any atom is -0.370 e. The van der Waals surface area contributed by atoms with Gasteiger partial charge in [-0.3, -0.25) is 4.79 Å². The van der Waals surface area contributed by atoms with Gasteiger partial charge in [-0.2, -0.15) is 0 Å². The van der Waals surface area contributed by atoms with Gasteiger partial charge in [0.25, 0.3) is 0 Å². The number of carbonyl (C=O) groups is 1. The van der Waals surface area contributed by atoms with Gasteiger partial charge in [0.15, 0.2) is 5.96 Å². The number of rotatable bonds is 4. The average molecular weight is 336 g/mol. The molecule has 3 rings (SSSR count). The van der Waals surface area contributed by atoms with Crippen LogP contribution in [-0.2, 0) is 11.2 Å². The van der Waals surface area contributed by atoms with Crippen molar-refractivity contribution in [2.24, 2.45) is 10.7 Å². The Bertz CT molecular complexity index is 798. The number of carbonyl (C=O) groups excluding carboxylic acids is 1. The summed E-state index contributed by atoms with van der Waals surface area (Å²) in [6, 6.07) is 16.0. The summed E-state index contributed by atoms with van der Waals surface area (Å²) in [5.74, 6) is 0.657. The summed E-state index contributed by atoms with van der Waals surface area (Å²) < 4.78 is 0. The van der Waals surface area contributed by atoms with Crippen LogP contribution >= 0.6 is 0 Å². The minimum absolute atomic E-state index is 0.0365. The molecule has 0 unspecified atom stereocenters. The summed E-state index contributed by atoms with van der Waals surface area (Å²) in [5.41, 5.74) is 10.2. The third kappa shape index (κ3) is 3.99. The molecule has 1 heterocycles. The number of anilines is 2. The van der Waals surface area contributed by atoms with Gasteiger partial charge in [-0.05, 0) is 41.7 Å². The third-order valence-corrected chi connectivity index (χ3v) is 4.40. The van der Waals surface area contributed by atoms with E-state index >= 15 is 0 Å². The van der Waals surface area contributed by atoms with Gasteiger partial charge in [0.05, 0.1) is 0 Å². The third-order valence-electron chi connectivity index (χ3n) is 4.40. The van der Waals surface area contributed by atoms with Gasteiger partial charge in [-0.25, -0.2) is 4.99 Å². The number of hydrogen-bond acceptors (Lipinski definition) is 2. The Kier molecular flexibility index (Phi) is 5.03. The van der Waals surface area contributed by atoms with Gasteiger partial charge >= 0.3 is 0 Å². The molecule has 0 fully saturated rings. The Morgan fingerprint density at radius 1 is 1.24 bits per heavy atom. The molecule has 25 heavy (non-hydrogen) atoms. The summed E-state index contributed by atoms with van der Waals surface area (Å²) in [4.78, 5) is 18.4. The number of amides is 1. The molecule has 0 radical (unpaired) electrons. The van der Waals surface area contributed by atoms with Crippen LogP contribution in [0.1, 0.15) is 30.9 Å². The van der Waals surface area contributed by atoms with Gasteiger partial charge in [0, 0.05) is 17.9 Å². The van der Waals surface area contributed by atoms with Crippen molar-refractivity contribution in [3.05, 3.63) is 59.7 Å². The van der Waals surface area contributed by atoms with Crippen molar-refractivity contribution in [2.75, 3.05) is 23.3 Å². The van der Waals surface area contributed by atoms with Crippen LogP contribution in [0, 0.1) is 0 Å². The molecule has 2 aromatic rings. The summed E-state index contributed by atoms with van der Waals surface area (Å²) in [7, 11) is 0. The molecule has 0 saturated heterocycles. The maximum atomic E-state index is 12.4. The van der Waals surface area contributed by atoms with Crippen LogP contribution in [-0.4, -0.2) is 25.0 Å². The van der Waals surface area contributed by atoms with Crippen LogP contribution in [0.3, 0.4) is 0 Å². The highest BCUT2D eigenvalue weighted by molar-refractivity contribution is 5.99. The van der Waals surface area contributed by atoms with Crippen LogP contribution in [0.15, 0.2) is 53.5 Å². The van der Waals surface area contributed by atoms with Crippen molar-refractivity contribution in [1.82, 2.24) is 0 Å². The first-order chi connectivity index (χ1) is 12.0. The smallest absolute Gasteiger partial charge is 0.248 e. The van der Waals surface area contributed by atoms with Crippen LogP contribution in [0.4, 0.5) is 11.4 Å². The van der Waals surface area contributed by atoms with E-state index in [1.807, 2.05) is 36.4 Å². The lowest BCUT2D eigenvalue weighted by Gasteiger charge is -2.16. The van der Waals surface area contributed by atoms with Gasteiger partial charge in [-0.15, -0.1) is 0 Å². The fraction of sp³-hybridized carbons (Fsp3) is 0.300. The number of nitrogens with two attached hydrogens (primary N) is 1. The Morgan fingerprint density at radius 3 is 2.84 bits per heavy atom. The fourth-order valence-electron chi connectivity index (χ4n) is 3.00. The molecule has 1 amide bonds. The second kappa shape index (κ2) is 7.38. The molecule has 3 N–H and O–H groups in total. The molecule has 0 spiro atoms. The van der Waals surface area contributed by atoms with E-state index in [0.29, 0.717) is 12.5 Å². The average Bonchev–Trinajstić information content (AvgIpc) is 3.04. The molecule has 0 aromatic heterocycles. The quantitative estimate of drug-likeness (QED) is 0.666. The molecule has 0 bridgehead atoms. The van der Waals surface area contributed by atoms with Crippen molar-refractivity contribution >= 4 is 23.2 Å². The molecule has 0 atom stereocenters. The molecule has 2 aromatic carbocycles. The molecule has 1 aliphatic rings. The number of guanidine groups is 1. The largest absolute Gasteiger partial charge is 0.370 e. The van der Waals surface area contributed by atoms with Crippen molar-refractivity contribution in [3.63, 3.8) is 0 Å². The molecule has 1 aliphatic heterocycles. The minimum atomic E-state index is -0.0365. The fourth-order valence-corrected chi connectivity index (χ4v) is 3.00. The van der Waals surface area contributed by atoms with E-state index in [0.717, 1.165) is 17.8 Å². The summed E-state index contributed by atoms with van der Waals surface area (Å²) in [5, 5.41) is 3.06. The van der Waals surface area contributed by atoms with Crippen molar-refractivity contribution in [2.45, 2.75) is 26.2 Å². The van der Waals surface area contributed by atoms with E-state index in [1.165, 1.54) is 11.1 Å². The lowest BCUT2D eigenvalue weighted by molar-refractivity contribution is -0.117. The number of aliphatic imine (C=N–C) groups is 1. The standard InChI is InChI=1S/C20H24N4O/c1-14(2)16-7-5-8-17(12-16)23-20(21)22-13-19(25)24-11-10-15-6-3-4-9-18(15)24/h3-9,12,14H,10-11,13H2,1-2H3,(H3,21,22,23). The van der Waals surface area contributed by atoms with Crippen molar-refractivity contribution < 1.29 is 4.79 Å². The number of nitrogens with zero attached hydrogens (tertiary/aromatic N) is 2. The number of nitrogens with one attached hydrogen (secondary N) is 1. The van der Waals surface area contributed by atoms with E-state index in [9.17, 15) is 4.79 Å². The summed E-state index contributed by atoms with van der Waals surface area (Å²) in [6.45, 7) is 5.03. The molecular weight excluding hydrogens is 312 g/mol. The zero-order chi connectivity index (χ0) is 17.8. The Hall–Kier alpha value is -2.82. The highest BCUT2D eigenvalue weighted by Crippen LogP contribution is 2.27. The predicted octanol–water partition coefficient (Wildman–Crippen LogP) is 3.13. The first kappa shape index (κ1) is 17.0. The normalized spacial score (nSPS) is 13.9. The second-order valence-electron chi connectivity index (χ2n) is 6.53. The van der Waals surface area contributed by atoms with Crippen LogP contribution in [0.2, 0.25) is 0 Å². The molecule has 0 aliphatic carbocycles. The molecule has 0 saturated carbocycles. The molecular formula is C20H24N4O. The second-order valence-corrected chi connectivity index (χ2v) is 6.53. The highest BCUT2D eigenvalue weighted by Gasteiger charge is 2.23. The number of fused-ring (bicyclic) bond motifs is 1. The number of benzene rings is 2. The lowest BCUT2D eigenvalue weighted by Crippen LogP contribution is -2.32. The number of para-hydroxylation sites is 1. The van der Waals surface area contributed by atoms with Gasteiger partial charge in [-0.1, -0.05) is 44.2 Å². The highest BCUT2D eigenvalue weighted by atomic mass is 16.2. The van der Waals surface area contributed by atoms with E-state index in [-0.39, 0.29) is 18.4 Å². The SMILES string of the molecule is CC(C)c1cccc(NC(N)=NCC(=O)N2CCc3ccccc32)c1.